The van der Waals surface area contributed by atoms with Crippen LogP contribution in [0.2, 0.25) is 5.02 Å². The number of para-hydroxylation sites is 2. The van der Waals surface area contributed by atoms with Gasteiger partial charge in [-0.25, -0.2) is 4.68 Å². The van der Waals surface area contributed by atoms with Crippen LogP contribution in [-0.4, -0.2) is 32.2 Å². The van der Waals surface area contributed by atoms with Gasteiger partial charge in [-0.15, -0.1) is 5.10 Å². The Morgan fingerprint density at radius 1 is 1.08 bits per heavy atom. The molecular weight excluding hydrogens is 354 g/mol. The zero-order valence-corrected chi connectivity index (χ0v) is 14.8. The average molecular weight is 368 g/mol. The number of nitrogens with zero attached hydrogens (tertiary/aromatic N) is 5. The number of halogens is 1. The molecule has 0 aliphatic heterocycles. The molecule has 7 nitrogen and oxygen atoms in total. The third kappa shape index (κ3) is 2.72. The summed E-state index contributed by atoms with van der Waals surface area (Å²) in [5, 5.41) is 13.0. The number of ether oxygens (including phenoxy) is 1. The summed E-state index contributed by atoms with van der Waals surface area (Å²) in [6, 6.07) is 14.9. The number of rotatable bonds is 4. The van der Waals surface area contributed by atoms with Gasteiger partial charge in [0.1, 0.15) is 11.4 Å². The molecule has 0 radical (unpaired) electrons. The molecule has 0 saturated heterocycles. The molecule has 0 aliphatic rings. The molecule has 4 aromatic rings. The Bertz CT molecular complexity index is 1070. The van der Waals surface area contributed by atoms with Crippen molar-refractivity contribution in [3.8, 4) is 34.4 Å². The van der Waals surface area contributed by atoms with Crippen LogP contribution in [0, 0.1) is 6.92 Å². The Morgan fingerprint density at radius 2 is 1.85 bits per heavy atom. The van der Waals surface area contributed by atoms with Crippen molar-refractivity contribution >= 4 is 11.6 Å². The van der Waals surface area contributed by atoms with E-state index < -0.39 is 0 Å². The van der Waals surface area contributed by atoms with Gasteiger partial charge in [0, 0.05) is 5.56 Å². The minimum absolute atomic E-state index is 0.276. The largest absolute Gasteiger partial charge is 0.494 e. The molecule has 130 valence electrons. The maximum Gasteiger partial charge on any atom is 0.280 e. The van der Waals surface area contributed by atoms with E-state index in [4.69, 9.17) is 20.9 Å². The van der Waals surface area contributed by atoms with E-state index in [0.29, 0.717) is 27.9 Å². The van der Waals surface area contributed by atoms with Crippen LogP contribution in [0.4, 0.5) is 0 Å². The quantitative estimate of drug-likeness (QED) is 0.543. The molecule has 8 heteroatoms. The second-order valence-corrected chi connectivity index (χ2v) is 5.92. The first-order valence-corrected chi connectivity index (χ1v) is 8.21. The van der Waals surface area contributed by atoms with Crippen LogP contribution < -0.4 is 4.74 Å². The molecule has 0 amide bonds. The molecule has 0 aliphatic carbocycles. The molecular formula is C18H14ClN5O2. The highest BCUT2D eigenvalue weighted by Crippen LogP contribution is 2.29. The van der Waals surface area contributed by atoms with Gasteiger partial charge in [-0.1, -0.05) is 46.2 Å². The van der Waals surface area contributed by atoms with Crippen molar-refractivity contribution in [3.63, 3.8) is 0 Å². The van der Waals surface area contributed by atoms with E-state index in [-0.39, 0.29) is 5.89 Å². The highest BCUT2D eigenvalue weighted by Gasteiger charge is 2.20. The van der Waals surface area contributed by atoms with Crippen LogP contribution in [0.15, 0.2) is 53.1 Å². The third-order valence-corrected chi connectivity index (χ3v) is 4.28. The van der Waals surface area contributed by atoms with Crippen LogP contribution in [0.5, 0.6) is 5.75 Å². The molecule has 2 aromatic carbocycles. The fourth-order valence-corrected chi connectivity index (χ4v) is 2.85. The van der Waals surface area contributed by atoms with Crippen LogP contribution in [0.3, 0.4) is 0 Å². The summed E-state index contributed by atoms with van der Waals surface area (Å²) in [6.07, 6.45) is 0. The summed E-state index contributed by atoms with van der Waals surface area (Å²) >= 11 is 6.20. The lowest BCUT2D eigenvalue weighted by Gasteiger charge is -2.08. The lowest BCUT2D eigenvalue weighted by molar-refractivity contribution is 0.411. The van der Waals surface area contributed by atoms with Crippen LogP contribution in [0.25, 0.3) is 28.7 Å². The molecule has 2 heterocycles. The Hall–Kier alpha value is -3.19. The summed E-state index contributed by atoms with van der Waals surface area (Å²) in [7, 11) is 1.61. The number of benzene rings is 2. The van der Waals surface area contributed by atoms with Crippen molar-refractivity contribution in [3.05, 3.63) is 59.2 Å². The maximum absolute atomic E-state index is 6.20. The van der Waals surface area contributed by atoms with Crippen molar-refractivity contribution in [2.24, 2.45) is 0 Å². The zero-order valence-electron chi connectivity index (χ0n) is 14.0. The molecule has 0 unspecified atom stereocenters. The van der Waals surface area contributed by atoms with Gasteiger partial charge >= 0.3 is 0 Å². The molecule has 0 bridgehead atoms. The minimum Gasteiger partial charge on any atom is -0.494 e. The Kier molecular flexibility index (Phi) is 4.14. The Labute approximate surface area is 154 Å². The van der Waals surface area contributed by atoms with Crippen molar-refractivity contribution in [1.82, 2.24) is 25.1 Å². The number of hydrogen-bond donors (Lipinski definition) is 0. The van der Waals surface area contributed by atoms with E-state index in [2.05, 4.69) is 20.5 Å². The summed E-state index contributed by atoms with van der Waals surface area (Å²) in [5.74, 6) is 1.37. The molecule has 0 fully saturated rings. The molecule has 0 spiro atoms. The standard InChI is InChI=1S/C18H14ClN5O2/c1-11-16(21-23-24(11)14-9-5-6-10-15(14)25-2)18-20-17(22-26-18)12-7-3-4-8-13(12)19/h3-10H,1-2H3. The smallest absolute Gasteiger partial charge is 0.280 e. The third-order valence-electron chi connectivity index (χ3n) is 3.95. The second kappa shape index (κ2) is 6.61. The lowest BCUT2D eigenvalue weighted by atomic mass is 10.2. The van der Waals surface area contributed by atoms with E-state index in [1.807, 2.05) is 49.4 Å². The normalized spacial score (nSPS) is 10.9. The molecule has 2 aromatic heterocycles. The molecule has 0 N–H and O–H groups in total. The van der Waals surface area contributed by atoms with Gasteiger partial charge in [0.25, 0.3) is 5.89 Å². The van der Waals surface area contributed by atoms with Crippen molar-refractivity contribution in [2.45, 2.75) is 6.92 Å². The van der Waals surface area contributed by atoms with Gasteiger partial charge < -0.3 is 9.26 Å². The molecule has 26 heavy (non-hydrogen) atoms. The predicted octanol–water partition coefficient (Wildman–Crippen LogP) is 3.95. The van der Waals surface area contributed by atoms with Gasteiger partial charge in [-0.05, 0) is 31.2 Å². The van der Waals surface area contributed by atoms with E-state index in [1.54, 1.807) is 17.9 Å². The summed E-state index contributed by atoms with van der Waals surface area (Å²) in [4.78, 5) is 4.41. The van der Waals surface area contributed by atoms with Crippen LogP contribution in [0.1, 0.15) is 5.69 Å². The van der Waals surface area contributed by atoms with E-state index in [9.17, 15) is 0 Å². The van der Waals surface area contributed by atoms with Crippen molar-refractivity contribution in [2.75, 3.05) is 7.11 Å². The van der Waals surface area contributed by atoms with Crippen molar-refractivity contribution in [1.29, 1.82) is 0 Å². The number of methoxy groups -OCH3 is 1. The van der Waals surface area contributed by atoms with Gasteiger partial charge in [0.2, 0.25) is 5.82 Å². The topological polar surface area (TPSA) is 78.9 Å². The first-order valence-electron chi connectivity index (χ1n) is 7.83. The minimum atomic E-state index is 0.276. The molecule has 0 saturated carbocycles. The van der Waals surface area contributed by atoms with E-state index in [1.165, 1.54) is 0 Å². The predicted molar refractivity (Wildman–Crippen MR) is 96.4 cm³/mol. The Balaban J connectivity index is 1.75. The highest BCUT2D eigenvalue weighted by atomic mass is 35.5. The van der Waals surface area contributed by atoms with Crippen LogP contribution in [-0.2, 0) is 0 Å². The SMILES string of the molecule is COc1ccccc1-n1nnc(-c2nc(-c3ccccc3Cl)no2)c1C. The summed E-state index contributed by atoms with van der Waals surface area (Å²) < 4.78 is 12.4. The zero-order chi connectivity index (χ0) is 18.1. The highest BCUT2D eigenvalue weighted by molar-refractivity contribution is 6.33. The number of aromatic nitrogens is 5. The first-order chi connectivity index (χ1) is 12.7. The summed E-state index contributed by atoms with van der Waals surface area (Å²) in [6.45, 7) is 1.88. The maximum atomic E-state index is 6.20. The summed E-state index contributed by atoms with van der Waals surface area (Å²) in [5.41, 5.74) is 2.72. The van der Waals surface area contributed by atoms with Gasteiger partial charge in [0.15, 0.2) is 5.69 Å². The fourth-order valence-electron chi connectivity index (χ4n) is 2.63. The van der Waals surface area contributed by atoms with Crippen molar-refractivity contribution < 1.29 is 9.26 Å². The monoisotopic (exact) mass is 367 g/mol. The van der Waals surface area contributed by atoms with Crippen LogP contribution >= 0.6 is 11.6 Å². The van der Waals surface area contributed by atoms with E-state index in [0.717, 1.165) is 11.4 Å². The van der Waals surface area contributed by atoms with E-state index >= 15 is 0 Å². The first kappa shape index (κ1) is 16.3. The van der Waals surface area contributed by atoms with Gasteiger partial charge in [-0.2, -0.15) is 4.98 Å². The average Bonchev–Trinajstić information content (AvgIpc) is 3.29. The van der Waals surface area contributed by atoms with Gasteiger partial charge in [0.05, 0.1) is 17.8 Å². The fraction of sp³-hybridized carbons (Fsp3) is 0.111. The molecule has 0 atom stereocenters. The van der Waals surface area contributed by atoms with Gasteiger partial charge in [-0.3, -0.25) is 0 Å². The molecule has 4 rings (SSSR count). The second-order valence-electron chi connectivity index (χ2n) is 5.51. The Morgan fingerprint density at radius 3 is 2.65 bits per heavy atom. The lowest BCUT2D eigenvalue weighted by Crippen LogP contribution is -2.01. The number of hydrogen-bond acceptors (Lipinski definition) is 6.